The highest BCUT2D eigenvalue weighted by Gasteiger charge is 2.42. The van der Waals surface area contributed by atoms with E-state index in [9.17, 15) is 45.1 Å². The molecule has 0 spiro atoms. The van der Waals surface area contributed by atoms with Crippen molar-refractivity contribution in [3.63, 3.8) is 0 Å². The maximum absolute atomic E-state index is 14.3. The van der Waals surface area contributed by atoms with Crippen molar-refractivity contribution >= 4 is 46.9 Å². The van der Waals surface area contributed by atoms with E-state index in [1.165, 1.54) is 51.5 Å². The molecule has 4 aromatic rings. The van der Waals surface area contributed by atoms with Crippen molar-refractivity contribution in [1.82, 2.24) is 5.32 Å². The van der Waals surface area contributed by atoms with E-state index in [-0.39, 0.29) is 16.9 Å². The molecule has 0 aromatic heterocycles. The molecule has 8 nitrogen and oxygen atoms in total. The summed E-state index contributed by atoms with van der Waals surface area (Å²) in [7, 11) is 2.87. The lowest BCUT2D eigenvalue weighted by molar-refractivity contribution is -0.143. The van der Waals surface area contributed by atoms with E-state index in [4.69, 9.17) is 9.47 Å². The molecule has 0 aliphatic carbocycles. The number of anilines is 2. The fraction of sp³-hybridized carbons (Fsp3) is 0.147. The minimum Gasteiger partial charge on any atom is -0.497 e. The molecule has 4 aromatic carbocycles. The molecule has 0 aliphatic heterocycles. The summed E-state index contributed by atoms with van der Waals surface area (Å²) in [6, 6.07) is 18.8. The van der Waals surface area contributed by atoms with Crippen LogP contribution in [0.15, 0.2) is 83.4 Å². The summed E-state index contributed by atoms with van der Waals surface area (Å²) in [6.45, 7) is 1.25. The van der Waals surface area contributed by atoms with Gasteiger partial charge in [0.25, 0.3) is 11.8 Å². The minimum absolute atomic E-state index is 0.179. The lowest BCUT2D eigenvalue weighted by atomic mass is 10.1. The number of nitrogens with one attached hydrogen (secondary N) is 3. The molecule has 50 heavy (non-hydrogen) atoms. The van der Waals surface area contributed by atoms with Crippen molar-refractivity contribution in [2.24, 2.45) is 0 Å². The molecule has 3 amide bonds. The van der Waals surface area contributed by atoms with Crippen LogP contribution in [0.4, 0.5) is 42.1 Å². The molecule has 0 fully saturated rings. The highest BCUT2D eigenvalue weighted by Crippen LogP contribution is 2.39. The molecular formula is C34H26F7N3O5S. The number of hydrogen-bond donors (Lipinski definition) is 3. The number of hydrogen-bond acceptors (Lipinski definition) is 6. The molecule has 0 radical (unpaired) electrons. The van der Waals surface area contributed by atoms with Gasteiger partial charge in [-0.15, -0.1) is 11.8 Å². The Balaban J connectivity index is 1.55. The summed E-state index contributed by atoms with van der Waals surface area (Å²) in [5, 5.41) is 5.59. The number of benzene rings is 4. The van der Waals surface area contributed by atoms with Crippen molar-refractivity contribution < 1.29 is 54.6 Å². The number of halogens is 7. The number of carbonyl (C=O) groups excluding carboxylic acids is 3. The molecule has 0 heterocycles. The third kappa shape index (κ3) is 8.74. The number of thioether (sulfide) groups is 1. The van der Waals surface area contributed by atoms with Gasteiger partial charge in [-0.1, -0.05) is 24.3 Å². The van der Waals surface area contributed by atoms with Gasteiger partial charge in [-0.05, 0) is 55.5 Å². The van der Waals surface area contributed by atoms with Crippen molar-refractivity contribution in [1.29, 1.82) is 0 Å². The summed E-state index contributed by atoms with van der Waals surface area (Å²) in [5.41, 5.74) is -3.83. The van der Waals surface area contributed by atoms with Gasteiger partial charge in [0, 0.05) is 27.8 Å². The van der Waals surface area contributed by atoms with Crippen LogP contribution in [0, 0.1) is 23.3 Å². The fourth-order valence-electron chi connectivity index (χ4n) is 4.35. The fourth-order valence-corrected chi connectivity index (χ4v) is 5.28. The zero-order valence-corrected chi connectivity index (χ0v) is 27.0. The largest absolute Gasteiger partial charge is 0.497 e. The number of amides is 3. The molecule has 0 bridgehead atoms. The first-order valence-corrected chi connectivity index (χ1v) is 15.1. The van der Waals surface area contributed by atoms with Crippen molar-refractivity contribution in [2.75, 3.05) is 24.9 Å². The van der Waals surface area contributed by atoms with Gasteiger partial charge < -0.3 is 25.4 Å². The van der Waals surface area contributed by atoms with E-state index < -0.39 is 63.7 Å². The molecule has 4 rings (SSSR count). The lowest BCUT2D eigenvalue weighted by Crippen LogP contribution is -2.30. The van der Waals surface area contributed by atoms with Crippen LogP contribution in [0.3, 0.4) is 0 Å². The van der Waals surface area contributed by atoms with Gasteiger partial charge in [0.15, 0.2) is 23.3 Å². The molecule has 0 saturated carbocycles. The number of methoxy groups -OCH3 is 2. The summed E-state index contributed by atoms with van der Waals surface area (Å²) < 4.78 is 106. The summed E-state index contributed by atoms with van der Waals surface area (Å²) in [5.74, 6) is -12.0. The van der Waals surface area contributed by atoms with E-state index >= 15 is 0 Å². The van der Waals surface area contributed by atoms with Crippen molar-refractivity contribution in [3.8, 4) is 11.5 Å². The van der Waals surface area contributed by atoms with Crippen LogP contribution >= 0.6 is 11.8 Å². The van der Waals surface area contributed by atoms with Gasteiger partial charge in [0.05, 0.1) is 19.5 Å². The smallest absolute Gasteiger partial charge is 0.422 e. The van der Waals surface area contributed by atoms with E-state index in [1.807, 2.05) is 0 Å². The van der Waals surface area contributed by atoms with Gasteiger partial charge in [-0.25, -0.2) is 17.6 Å². The maximum atomic E-state index is 14.3. The van der Waals surface area contributed by atoms with Gasteiger partial charge >= 0.3 is 6.18 Å². The first-order valence-electron chi connectivity index (χ1n) is 14.3. The van der Waals surface area contributed by atoms with Gasteiger partial charge in [0.2, 0.25) is 5.91 Å². The average molecular weight is 722 g/mol. The lowest BCUT2D eigenvalue weighted by Gasteiger charge is -2.17. The first kappa shape index (κ1) is 37.3. The van der Waals surface area contributed by atoms with Crippen LogP contribution in [-0.4, -0.2) is 37.2 Å². The minimum atomic E-state index is -5.74. The number of rotatable bonds is 11. The Morgan fingerprint density at radius 1 is 0.800 bits per heavy atom. The third-order valence-electron chi connectivity index (χ3n) is 6.84. The Bertz CT molecular complexity index is 1930. The normalized spacial score (nSPS) is 12.2. The third-order valence-corrected chi connectivity index (χ3v) is 7.93. The SMILES string of the molecule is COc1ccc(/C=C(/NC(=O)c2ccccc2)C(=O)Nc2cccc(SC(C)C(=O)Nc3c(F)c(F)c(C(F)(F)F)c(F)c3F)c2)c(OC)c1. The zero-order chi connectivity index (χ0) is 36.7. The number of alkyl halides is 3. The van der Waals surface area contributed by atoms with Gasteiger partial charge in [0.1, 0.15) is 28.4 Å². The average Bonchev–Trinajstić information content (AvgIpc) is 3.08. The molecule has 3 N–H and O–H groups in total. The van der Waals surface area contributed by atoms with Crippen LogP contribution in [-0.2, 0) is 15.8 Å². The standard InChI is InChI=1S/C34H26F7N3O5S/c1-17(31(45)44-30-28(37)26(35)25(34(39,40)41)27(36)29(30)38)50-22-11-7-10-20(15-22)42-33(47)23(43-32(46)18-8-5-4-6-9-18)14-19-12-13-21(48-2)16-24(19)49-3/h4-17H,1-3H3,(H,42,47)(H,43,46)(H,44,45)/b23-14+. The Hall–Kier alpha value is -5.51. The van der Waals surface area contributed by atoms with E-state index in [0.717, 1.165) is 11.8 Å². The molecule has 262 valence electrons. The van der Waals surface area contributed by atoms with E-state index in [1.54, 1.807) is 53.8 Å². The summed E-state index contributed by atoms with van der Waals surface area (Å²) >= 11 is 0.779. The van der Waals surface area contributed by atoms with Crippen LogP contribution in [0.5, 0.6) is 11.5 Å². The Labute approximate surface area is 284 Å². The van der Waals surface area contributed by atoms with Crippen molar-refractivity contribution in [3.05, 3.63) is 118 Å². The highest BCUT2D eigenvalue weighted by molar-refractivity contribution is 8.00. The van der Waals surface area contributed by atoms with E-state index in [2.05, 4.69) is 10.6 Å². The maximum Gasteiger partial charge on any atom is 0.422 e. The predicted octanol–water partition coefficient (Wildman–Crippen LogP) is 7.81. The van der Waals surface area contributed by atoms with Crippen LogP contribution in [0.2, 0.25) is 0 Å². The second-order valence-electron chi connectivity index (χ2n) is 10.2. The zero-order valence-electron chi connectivity index (χ0n) is 26.2. The Morgan fingerprint density at radius 2 is 1.46 bits per heavy atom. The summed E-state index contributed by atoms with van der Waals surface area (Å²) in [6.07, 6.45) is -4.36. The second kappa shape index (κ2) is 15.8. The quantitative estimate of drug-likeness (QED) is 0.0632. The molecule has 0 saturated heterocycles. The van der Waals surface area contributed by atoms with Crippen molar-refractivity contribution in [2.45, 2.75) is 23.2 Å². The predicted molar refractivity (Wildman–Crippen MR) is 172 cm³/mol. The molecule has 0 aliphatic rings. The van der Waals surface area contributed by atoms with Crippen LogP contribution < -0.4 is 25.4 Å². The Kier molecular flexibility index (Phi) is 11.8. The number of carbonyl (C=O) groups is 3. The van der Waals surface area contributed by atoms with E-state index in [0.29, 0.717) is 22.0 Å². The van der Waals surface area contributed by atoms with Crippen LogP contribution in [0.25, 0.3) is 6.08 Å². The molecule has 1 unspecified atom stereocenters. The monoisotopic (exact) mass is 721 g/mol. The van der Waals surface area contributed by atoms with Gasteiger partial charge in [-0.3, -0.25) is 14.4 Å². The highest BCUT2D eigenvalue weighted by atomic mass is 32.2. The molecular weight excluding hydrogens is 695 g/mol. The topological polar surface area (TPSA) is 106 Å². The summed E-state index contributed by atoms with van der Waals surface area (Å²) in [4.78, 5) is 39.5. The Morgan fingerprint density at radius 3 is 2.06 bits per heavy atom. The van der Waals surface area contributed by atoms with Gasteiger partial charge in [-0.2, -0.15) is 13.2 Å². The van der Waals surface area contributed by atoms with Crippen LogP contribution in [0.1, 0.15) is 28.4 Å². The second-order valence-corrected chi connectivity index (χ2v) is 11.6. The molecule has 16 heteroatoms. The molecule has 1 atom stereocenters. The first-order chi connectivity index (χ1) is 23.6. The number of ether oxygens (including phenoxy) is 2.